The van der Waals surface area contributed by atoms with E-state index in [0.29, 0.717) is 49.0 Å². The van der Waals surface area contributed by atoms with Crippen LogP contribution in [-0.4, -0.2) is 83.9 Å². The molecule has 10 nitrogen and oxygen atoms in total. The number of rotatable bonds is 7. The van der Waals surface area contributed by atoms with Crippen LogP contribution in [0.15, 0.2) is 12.4 Å². The number of hydrogen-bond acceptors (Lipinski definition) is 7. The normalized spacial score (nSPS) is 16.0. The van der Waals surface area contributed by atoms with Gasteiger partial charge in [-0.2, -0.15) is 5.10 Å². The quantitative estimate of drug-likeness (QED) is 0.660. The Bertz CT molecular complexity index is 925. The van der Waals surface area contributed by atoms with E-state index in [0.717, 1.165) is 12.1 Å². The lowest BCUT2D eigenvalue weighted by atomic mass is 9.99. The molecule has 10 heteroatoms. The molecule has 1 aliphatic heterocycles. The Morgan fingerprint density at radius 1 is 1.30 bits per heavy atom. The highest BCUT2D eigenvalue weighted by Gasteiger charge is 2.33. The van der Waals surface area contributed by atoms with Gasteiger partial charge in [0, 0.05) is 65.7 Å². The first-order chi connectivity index (χ1) is 14.3. The second kappa shape index (κ2) is 9.21. The Morgan fingerprint density at radius 3 is 2.70 bits per heavy atom. The van der Waals surface area contributed by atoms with E-state index in [-0.39, 0.29) is 17.7 Å². The molecule has 2 aromatic rings. The molecule has 2 aromatic heterocycles. The van der Waals surface area contributed by atoms with Crippen molar-refractivity contribution in [3.05, 3.63) is 34.9 Å². The molecule has 0 spiro atoms. The molecule has 1 unspecified atom stereocenters. The Morgan fingerprint density at radius 2 is 2.07 bits per heavy atom. The molecule has 1 atom stereocenters. The molecular weight excluding hydrogens is 386 g/mol. The molecule has 0 radical (unpaired) electrons. The van der Waals surface area contributed by atoms with E-state index in [1.54, 1.807) is 34.0 Å². The van der Waals surface area contributed by atoms with E-state index in [9.17, 15) is 9.59 Å². The summed E-state index contributed by atoms with van der Waals surface area (Å²) in [6.45, 7) is 3.80. The Balaban J connectivity index is 1.83. The minimum absolute atomic E-state index is 0.0453. The lowest BCUT2D eigenvalue weighted by Crippen LogP contribution is -2.31. The van der Waals surface area contributed by atoms with E-state index in [2.05, 4.69) is 20.4 Å². The number of hydrogen-bond donors (Lipinski definition) is 1. The fourth-order valence-electron chi connectivity index (χ4n) is 3.50. The molecule has 3 rings (SSSR count). The number of likely N-dealkylation sites (tertiary alicyclic amines) is 1. The topological polar surface area (TPSA) is 105 Å². The zero-order valence-corrected chi connectivity index (χ0v) is 18.2. The van der Waals surface area contributed by atoms with Crippen molar-refractivity contribution in [3.63, 3.8) is 0 Å². The number of methoxy groups -OCH3 is 1. The number of carbonyl (C=O) groups excluding carboxylic acids is 2. The standard InChI is InChI=1S/C20H29N7O3/c1-13-15(11-23-26(13)4)19(29)27-8-6-14(12-27)17-16(18(28)21-7-9-30-5)10-22-20(24-17)25(2)3/h10-11,14H,6-9,12H2,1-5H3,(H,21,28). The van der Waals surface area contributed by atoms with Crippen molar-refractivity contribution < 1.29 is 14.3 Å². The summed E-state index contributed by atoms with van der Waals surface area (Å²) < 4.78 is 6.69. The fraction of sp³-hybridized carbons (Fsp3) is 0.550. The predicted molar refractivity (Wildman–Crippen MR) is 112 cm³/mol. The first-order valence-corrected chi connectivity index (χ1v) is 9.92. The zero-order chi connectivity index (χ0) is 21.8. The van der Waals surface area contributed by atoms with Gasteiger partial charge in [-0.3, -0.25) is 14.3 Å². The third kappa shape index (κ3) is 4.43. The summed E-state index contributed by atoms with van der Waals surface area (Å²) in [6.07, 6.45) is 3.90. The SMILES string of the molecule is COCCNC(=O)c1cnc(N(C)C)nc1C1CCN(C(=O)c2cnn(C)c2C)C1. The summed E-state index contributed by atoms with van der Waals surface area (Å²) in [5.41, 5.74) is 2.54. The van der Waals surface area contributed by atoms with Gasteiger partial charge in [0.15, 0.2) is 0 Å². The van der Waals surface area contributed by atoms with Crippen molar-refractivity contribution in [1.29, 1.82) is 0 Å². The van der Waals surface area contributed by atoms with Gasteiger partial charge in [0.2, 0.25) is 5.95 Å². The Kier molecular flexibility index (Phi) is 6.66. The van der Waals surface area contributed by atoms with E-state index >= 15 is 0 Å². The smallest absolute Gasteiger partial charge is 0.257 e. The first kappa shape index (κ1) is 21.7. The van der Waals surface area contributed by atoms with Gasteiger partial charge in [0.25, 0.3) is 11.8 Å². The second-order valence-corrected chi connectivity index (χ2v) is 7.62. The van der Waals surface area contributed by atoms with E-state index in [1.165, 1.54) is 0 Å². The van der Waals surface area contributed by atoms with Gasteiger partial charge in [0.05, 0.1) is 29.6 Å². The first-order valence-electron chi connectivity index (χ1n) is 9.92. The molecule has 1 N–H and O–H groups in total. The second-order valence-electron chi connectivity index (χ2n) is 7.62. The minimum Gasteiger partial charge on any atom is -0.383 e. The summed E-state index contributed by atoms with van der Waals surface area (Å²) >= 11 is 0. The third-order valence-corrected chi connectivity index (χ3v) is 5.37. The highest BCUT2D eigenvalue weighted by molar-refractivity contribution is 5.96. The lowest BCUT2D eigenvalue weighted by molar-refractivity contribution is 0.0789. The number of anilines is 1. The molecule has 3 heterocycles. The number of aryl methyl sites for hydroxylation is 1. The molecule has 0 saturated carbocycles. The Labute approximate surface area is 176 Å². The van der Waals surface area contributed by atoms with Crippen LogP contribution in [0, 0.1) is 6.92 Å². The van der Waals surface area contributed by atoms with Gasteiger partial charge in [-0.05, 0) is 13.3 Å². The number of nitrogens with zero attached hydrogens (tertiary/aromatic N) is 6. The molecule has 0 aromatic carbocycles. The van der Waals surface area contributed by atoms with Gasteiger partial charge in [-0.1, -0.05) is 0 Å². The Hall–Kier alpha value is -3.01. The summed E-state index contributed by atoms with van der Waals surface area (Å²) in [6, 6.07) is 0. The summed E-state index contributed by atoms with van der Waals surface area (Å²) in [5, 5.41) is 7.00. The van der Waals surface area contributed by atoms with Gasteiger partial charge < -0.3 is 19.9 Å². The average molecular weight is 415 g/mol. The monoisotopic (exact) mass is 415 g/mol. The molecule has 1 saturated heterocycles. The molecule has 30 heavy (non-hydrogen) atoms. The van der Waals surface area contributed by atoms with Crippen molar-refractivity contribution in [3.8, 4) is 0 Å². The fourth-order valence-corrected chi connectivity index (χ4v) is 3.50. The summed E-state index contributed by atoms with van der Waals surface area (Å²) in [7, 11) is 7.11. The van der Waals surface area contributed by atoms with E-state index in [1.807, 2.05) is 28.1 Å². The number of aromatic nitrogens is 4. The van der Waals surface area contributed by atoms with Crippen molar-refractivity contribution in [1.82, 2.24) is 30.0 Å². The van der Waals surface area contributed by atoms with Crippen LogP contribution in [-0.2, 0) is 11.8 Å². The molecule has 1 aliphatic rings. The predicted octanol–water partition coefficient (Wildman–Crippen LogP) is 0.590. The van der Waals surface area contributed by atoms with Crippen LogP contribution in [0.3, 0.4) is 0 Å². The van der Waals surface area contributed by atoms with Crippen molar-refractivity contribution in [2.24, 2.45) is 7.05 Å². The molecule has 0 bridgehead atoms. The number of amides is 2. The van der Waals surface area contributed by atoms with Crippen molar-refractivity contribution in [2.75, 3.05) is 52.3 Å². The molecule has 0 aliphatic carbocycles. The van der Waals surface area contributed by atoms with Gasteiger partial charge in [0.1, 0.15) is 0 Å². The van der Waals surface area contributed by atoms with Crippen LogP contribution in [0.1, 0.15) is 44.4 Å². The molecule has 162 valence electrons. The van der Waals surface area contributed by atoms with Crippen LogP contribution in [0.5, 0.6) is 0 Å². The third-order valence-electron chi connectivity index (χ3n) is 5.37. The maximum atomic E-state index is 13.0. The number of carbonyl (C=O) groups is 2. The van der Waals surface area contributed by atoms with Crippen molar-refractivity contribution in [2.45, 2.75) is 19.3 Å². The van der Waals surface area contributed by atoms with Crippen LogP contribution in [0.25, 0.3) is 0 Å². The van der Waals surface area contributed by atoms with Gasteiger partial charge >= 0.3 is 0 Å². The average Bonchev–Trinajstić information content (AvgIpc) is 3.35. The highest BCUT2D eigenvalue weighted by Crippen LogP contribution is 2.30. The highest BCUT2D eigenvalue weighted by atomic mass is 16.5. The number of nitrogens with one attached hydrogen (secondary N) is 1. The van der Waals surface area contributed by atoms with E-state index < -0.39 is 0 Å². The maximum Gasteiger partial charge on any atom is 0.257 e. The zero-order valence-electron chi connectivity index (χ0n) is 18.2. The largest absolute Gasteiger partial charge is 0.383 e. The lowest BCUT2D eigenvalue weighted by Gasteiger charge is -2.19. The van der Waals surface area contributed by atoms with Crippen LogP contribution >= 0.6 is 0 Å². The van der Waals surface area contributed by atoms with Crippen LogP contribution in [0.2, 0.25) is 0 Å². The van der Waals surface area contributed by atoms with E-state index in [4.69, 9.17) is 4.74 Å². The van der Waals surface area contributed by atoms with Crippen LogP contribution < -0.4 is 10.2 Å². The van der Waals surface area contributed by atoms with Gasteiger partial charge in [-0.15, -0.1) is 0 Å². The van der Waals surface area contributed by atoms with Crippen LogP contribution in [0.4, 0.5) is 5.95 Å². The number of ether oxygens (including phenoxy) is 1. The molecular formula is C20H29N7O3. The summed E-state index contributed by atoms with van der Waals surface area (Å²) in [4.78, 5) is 38.2. The minimum atomic E-state index is -0.236. The van der Waals surface area contributed by atoms with Crippen molar-refractivity contribution >= 4 is 17.8 Å². The van der Waals surface area contributed by atoms with Gasteiger partial charge in [-0.25, -0.2) is 9.97 Å². The maximum absolute atomic E-state index is 13.0. The molecule has 1 fully saturated rings. The molecule has 2 amide bonds. The summed E-state index contributed by atoms with van der Waals surface area (Å²) in [5.74, 6) is 0.207.